The van der Waals surface area contributed by atoms with Gasteiger partial charge in [0.15, 0.2) is 0 Å². The minimum Gasteiger partial charge on any atom is -0.321 e. The average molecular weight is 451 g/mol. The van der Waals surface area contributed by atoms with Crippen LogP contribution in [-0.4, -0.2) is 24.3 Å². The van der Waals surface area contributed by atoms with Crippen molar-refractivity contribution >= 4 is 38.6 Å². The molecule has 2 heterocycles. The quantitative estimate of drug-likeness (QED) is 0.448. The maximum atomic E-state index is 12.9. The molecule has 0 fully saturated rings. The molecule has 0 saturated heterocycles. The summed E-state index contributed by atoms with van der Waals surface area (Å²) in [4.78, 5) is 21.7. The van der Waals surface area contributed by atoms with Gasteiger partial charge in [-0.25, -0.2) is 18.4 Å². The normalized spacial score (nSPS) is 11.1. The Bertz CT molecular complexity index is 1340. The Morgan fingerprint density at radius 2 is 1.81 bits per heavy atom. The Morgan fingerprint density at radius 3 is 2.58 bits per heavy atom. The zero-order valence-electron chi connectivity index (χ0n) is 16.4. The number of hydrogen-bond acceptors (Lipinski definition) is 6. The Hall–Kier alpha value is -3.56. The third-order valence-corrected chi connectivity index (χ3v) is 6.66. The molecule has 1 amide bonds. The van der Waals surface area contributed by atoms with Crippen LogP contribution in [-0.2, 0) is 10.0 Å². The molecule has 31 heavy (non-hydrogen) atoms. The second-order valence-electron chi connectivity index (χ2n) is 6.61. The topological polar surface area (TPSA) is 101 Å². The second-order valence-corrected chi connectivity index (χ2v) is 9.20. The zero-order chi connectivity index (χ0) is 21.8. The molecule has 0 radical (unpaired) electrons. The number of thiophene rings is 1. The van der Waals surface area contributed by atoms with E-state index in [9.17, 15) is 13.2 Å². The van der Waals surface area contributed by atoms with E-state index in [0.717, 1.165) is 22.6 Å². The van der Waals surface area contributed by atoms with Gasteiger partial charge in [0.1, 0.15) is 10.7 Å². The summed E-state index contributed by atoms with van der Waals surface area (Å²) >= 11 is 1.16. The fourth-order valence-corrected chi connectivity index (χ4v) is 4.83. The largest absolute Gasteiger partial charge is 0.321 e. The lowest BCUT2D eigenvalue weighted by molar-refractivity contribution is 0.103. The fraction of sp³-hybridized carbons (Fsp3) is 0.0455. The van der Waals surface area contributed by atoms with Crippen molar-refractivity contribution in [2.75, 3.05) is 10.0 Å². The molecule has 4 rings (SSSR count). The van der Waals surface area contributed by atoms with E-state index in [0.29, 0.717) is 11.5 Å². The van der Waals surface area contributed by atoms with E-state index < -0.39 is 15.9 Å². The van der Waals surface area contributed by atoms with Crippen LogP contribution < -0.4 is 10.0 Å². The number of anilines is 2. The summed E-state index contributed by atoms with van der Waals surface area (Å²) in [5, 5.41) is 4.49. The number of rotatable bonds is 6. The Balaban J connectivity index is 1.55. The van der Waals surface area contributed by atoms with Gasteiger partial charge >= 0.3 is 0 Å². The highest BCUT2D eigenvalue weighted by Gasteiger charge is 2.20. The summed E-state index contributed by atoms with van der Waals surface area (Å²) in [6.07, 6.45) is 1.68. The van der Waals surface area contributed by atoms with Crippen LogP contribution in [0.4, 0.5) is 11.4 Å². The van der Waals surface area contributed by atoms with Crippen LogP contribution in [0.15, 0.2) is 83.2 Å². The Morgan fingerprint density at radius 1 is 1.00 bits per heavy atom. The first-order chi connectivity index (χ1) is 14.9. The number of carbonyl (C=O) groups is 1. The van der Waals surface area contributed by atoms with Crippen LogP contribution in [0.2, 0.25) is 0 Å². The van der Waals surface area contributed by atoms with Crippen LogP contribution in [0, 0.1) is 6.92 Å². The molecule has 0 aliphatic heterocycles. The molecule has 0 spiro atoms. The van der Waals surface area contributed by atoms with E-state index in [2.05, 4.69) is 20.0 Å². The van der Waals surface area contributed by atoms with E-state index in [4.69, 9.17) is 0 Å². The molecule has 9 heteroatoms. The lowest BCUT2D eigenvalue weighted by atomic mass is 10.1. The summed E-state index contributed by atoms with van der Waals surface area (Å²) in [6.45, 7) is 1.81. The lowest BCUT2D eigenvalue weighted by Gasteiger charge is -2.10. The highest BCUT2D eigenvalue weighted by atomic mass is 32.2. The highest BCUT2D eigenvalue weighted by Crippen LogP contribution is 2.27. The van der Waals surface area contributed by atoms with Crippen LogP contribution in [0.1, 0.15) is 15.5 Å². The van der Waals surface area contributed by atoms with Crippen molar-refractivity contribution < 1.29 is 13.2 Å². The predicted octanol–water partition coefficient (Wildman–Crippen LogP) is 4.57. The molecule has 0 aliphatic carbocycles. The number of sulfonamides is 1. The van der Waals surface area contributed by atoms with Gasteiger partial charge in [0.2, 0.25) is 0 Å². The van der Waals surface area contributed by atoms with Crippen molar-refractivity contribution in [2.24, 2.45) is 0 Å². The summed E-state index contributed by atoms with van der Waals surface area (Å²) in [5.41, 5.74) is 2.38. The van der Waals surface area contributed by atoms with Crippen molar-refractivity contribution in [3.63, 3.8) is 0 Å². The molecule has 0 unspecified atom stereocenters. The van der Waals surface area contributed by atoms with Crippen LogP contribution in [0.5, 0.6) is 0 Å². The number of aryl methyl sites for hydroxylation is 1. The molecule has 0 atom stereocenters. The number of carbonyl (C=O) groups excluding carboxylic acids is 1. The molecular formula is C22H18N4O3S2. The molecule has 0 aliphatic rings. The average Bonchev–Trinajstić information content (AvgIpc) is 3.22. The van der Waals surface area contributed by atoms with Gasteiger partial charge in [0.05, 0.1) is 16.3 Å². The predicted molar refractivity (Wildman–Crippen MR) is 122 cm³/mol. The van der Waals surface area contributed by atoms with Crippen molar-refractivity contribution in [2.45, 2.75) is 11.8 Å². The Kier molecular flexibility index (Phi) is 5.79. The minimum atomic E-state index is -3.80. The molecule has 2 aromatic heterocycles. The molecular weight excluding hydrogens is 432 g/mol. The maximum Gasteiger partial charge on any atom is 0.267 e. The van der Waals surface area contributed by atoms with Gasteiger partial charge in [-0.3, -0.25) is 9.52 Å². The molecule has 0 saturated carbocycles. The third-order valence-electron chi connectivity index (χ3n) is 4.36. The van der Waals surface area contributed by atoms with Gasteiger partial charge in [-0.1, -0.05) is 30.3 Å². The van der Waals surface area contributed by atoms with E-state index in [1.54, 1.807) is 54.0 Å². The van der Waals surface area contributed by atoms with Gasteiger partial charge in [0.25, 0.3) is 15.9 Å². The molecule has 7 nitrogen and oxygen atoms in total. The first kappa shape index (κ1) is 20.7. The summed E-state index contributed by atoms with van der Waals surface area (Å²) in [7, 11) is -3.80. The van der Waals surface area contributed by atoms with Crippen LogP contribution in [0.3, 0.4) is 0 Å². The van der Waals surface area contributed by atoms with E-state index in [-0.39, 0.29) is 15.5 Å². The van der Waals surface area contributed by atoms with Gasteiger partial charge in [-0.15, -0.1) is 11.3 Å². The first-order valence-corrected chi connectivity index (χ1v) is 11.7. The minimum absolute atomic E-state index is 0.125. The van der Waals surface area contributed by atoms with E-state index in [1.165, 1.54) is 12.1 Å². The van der Waals surface area contributed by atoms with E-state index in [1.807, 2.05) is 19.1 Å². The first-order valence-electron chi connectivity index (χ1n) is 9.29. The number of hydrogen-bond donors (Lipinski definition) is 2. The molecule has 2 N–H and O–H groups in total. The van der Waals surface area contributed by atoms with Gasteiger partial charge in [0, 0.05) is 17.4 Å². The van der Waals surface area contributed by atoms with Gasteiger partial charge in [-0.2, -0.15) is 0 Å². The third kappa shape index (κ3) is 4.79. The van der Waals surface area contributed by atoms with Crippen molar-refractivity contribution in [3.05, 3.63) is 89.0 Å². The van der Waals surface area contributed by atoms with Crippen LogP contribution >= 0.6 is 11.3 Å². The van der Waals surface area contributed by atoms with Crippen LogP contribution in [0.25, 0.3) is 11.3 Å². The fourth-order valence-electron chi connectivity index (χ4n) is 2.93. The van der Waals surface area contributed by atoms with E-state index >= 15 is 0 Å². The summed E-state index contributed by atoms with van der Waals surface area (Å²) in [6, 6.07) is 18.6. The number of nitrogens with one attached hydrogen (secondary N) is 2. The van der Waals surface area contributed by atoms with Crippen molar-refractivity contribution in [1.82, 2.24) is 9.97 Å². The summed E-state index contributed by atoms with van der Waals surface area (Å²) in [5.74, 6) is 0.248. The molecule has 156 valence electrons. The smallest absolute Gasteiger partial charge is 0.267 e. The maximum absolute atomic E-state index is 12.9. The lowest BCUT2D eigenvalue weighted by Crippen LogP contribution is -2.17. The number of aromatic nitrogens is 2. The number of nitrogens with zero attached hydrogens (tertiary/aromatic N) is 2. The standard InChI is InChI=1S/C22H18N4O3S2/c1-15-23-12-10-19(24-15)16-6-5-7-17(14-16)25-22(27)21-20(11-13-30-21)26-31(28,29)18-8-3-2-4-9-18/h2-14,26H,1H3,(H,25,27). The SMILES string of the molecule is Cc1nccc(-c2cccc(NC(=O)c3sccc3NS(=O)(=O)c3ccccc3)c2)n1. The molecule has 0 bridgehead atoms. The Labute approximate surface area is 183 Å². The second kappa shape index (κ2) is 8.66. The zero-order valence-corrected chi connectivity index (χ0v) is 18.1. The number of amides is 1. The van der Waals surface area contributed by atoms with Crippen molar-refractivity contribution in [1.29, 1.82) is 0 Å². The van der Waals surface area contributed by atoms with Gasteiger partial charge in [-0.05, 0) is 48.7 Å². The molecule has 2 aromatic carbocycles. The van der Waals surface area contributed by atoms with Crippen molar-refractivity contribution in [3.8, 4) is 11.3 Å². The highest BCUT2D eigenvalue weighted by molar-refractivity contribution is 7.92. The monoisotopic (exact) mass is 450 g/mol. The number of benzene rings is 2. The van der Waals surface area contributed by atoms with Gasteiger partial charge < -0.3 is 5.32 Å². The summed E-state index contributed by atoms with van der Waals surface area (Å²) < 4.78 is 27.7. The molecule has 4 aromatic rings.